The molecule has 0 bridgehead atoms. The Morgan fingerprint density at radius 3 is 2.39 bits per heavy atom. The van der Waals surface area contributed by atoms with Crippen LogP contribution >= 0.6 is 11.6 Å². The molecule has 31 heavy (non-hydrogen) atoms. The van der Waals surface area contributed by atoms with Crippen molar-refractivity contribution in [2.24, 2.45) is 5.10 Å². The molecule has 0 heterocycles. The van der Waals surface area contributed by atoms with Gasteiger partial charge in [0.2, 0.25) is 0 Å². The third kappa shape index (κ3) is 5.02. The minimum Gasteiger partial charge on any atom is -0.507 e. The molecule has 6 heteroatoms. The number of halogens is 1. The number of carbonyl (C=O) groups is 1. The Labute approximate surface area is 184 Å². The standard InChI is InChI=1S/C25H19ClN2O3/c26-23-8-4-3-7-20(23)16-31-21-11-9-17(10-12-21)15-27-28-25(30)22-13-18-5-1-2-6-19(18)14-24(22)29/h1-15,29H,16H2,(H,28,30). The second-order valence-corrected chi connectivity index (χ2v) is 7.27. The molecule has 5 nitrogen and oxygen atoms in total. The first-order valence-electron chi connectivity index (χ1n) is 9.61. The van der Waals surface area contributed by atoms with Crippen molar-refractivity contribution >= 4 is 34.5 Å². The van der Waals surface area contributed by atoms with E-state index in [1.807, 2.05) is 72.8 Å². The van der Waals surface area contributed by atoms with E-state index in [4.69, 9.17) is 16.3 Å². The first-order valence-corrected chi connectivity index (χ1v) is 9.99. The zero-order valence-corrected chi connectivity index (χ0v) is 17.2. The van der Waals surface area contributed by atoms with Gasteiger partial charge in [0.15, 0.2) is 0 Å². The van der Waals surface area contributed by atoms with Gasteiger partial charge < -0.3 is 9.84 Å². The molecule has 0 atom stereocenters. The Morgan fingerprint density at radius 1 is 0.968 bits per heavy atom. The molecule has 0 aliphatic rings. The van der Waals surface area contributed by atoms with Crippen molar-refractivity contribution in [2.45, 2.75) is 6.61 Å². The molecule has 0 fully saturated rings. The van der Waals surface area contributed by atoms with Crippen molar-refractivity contribution in [3.05, 3.63) is 107 Å². The molecule has 0 aliphatic carbocycles. The van der Waals surface area contributed by atoms with Crippen molar-refractivity contribution in [1.29, 1.82) is 0 Å². The van der Waals surface area contributed by atoms with Crippen LogP contribution < -0.4 is 10.2 Å². The normalized spacial score (nSPS) is 11.0. The van der Waals surface area contributed by atoms with Crippen molar-refractivity contribution in [2.75, 3.05) is 0 Å². The van der Waals surface area contributed by atoms with Gasteiger partial charge in [-0.05, 0) is 58.8 Å². The largest absolute Gasteiger partial charge is 0.507 e. The topological polar surface area (TPSA) is 70.9 Å². The summed E-state index contributed by atoms with van der Waals surface area (Å²) in [6.45, 7) is 0.373. The molecule has 0 spiro atoms. The average molecular weight is 431 g/mol. The summed E-state index contributed by atoms with van der Waals surface area (Å²) >= 11 is 6.13. The number of nitrogens with zero attached hydrogens (tertiary/aromatic N) is 1. The molecule has 0 aromatic heterocycles. The van der Waals surface area contributed by atoms with E-state index in [0.29, 0.717) is 17.4 Å². The molecule has 0 radical (unpaired) electrons. The van der Waals surface area contributed by atoms with Crippen LogP contribution in [-0.2, 0) is 6.61 Å². The summed E-state index contributed by atoms with van der Waals surface area (Å²) in [6.07, 6.45) is 1.52. The highest BCUT2D eigenvalue weighted by Gasteiger charge is 2.11. The summed E-state index contributed by atoms with van der Waals surface area (Å²) in [5.41, 5.74) is 4.31. The predicted octanol–water partition coefficient (Wildman–Crippen LogP) is 5.54. The molecule has 4 rings (SSSR count). The quantitative estimate of drug-likeness (QED) is 0.311. The Kier molecular flexibility index (Phi) is 6.15. The van der Waals surface area contributed by atoms with Gasteiger partial charge in [-0.3, -0.25) is 4.79 Å². The Bertz CT molecular complexity index is 1250. The fourth-order valence-electron chi connectivity index (χ4n) is 3.06. The highest BCUT2D eigenvalue weighted by Crippen LogP contribution is 2.25. The first kappa shape index (κ1) is 20.4. The van der Waals surface area contributed by atoms with E-state index in [0.717, 1.165) is 21.9 Å². The molecule has 2 N–H and O–H groups in total. The van der Waals surface area contributed by atoms with Crippen LogP contribution in [0.4, 0.5) is 0 Å². The number of rotatable bonds is 6. The van der Waals surface area contributed by atoms with Crippen molar-refractivity contribution in [1.82, 2.24) is 5.43 Å². The number of hydrogen-bond donors (Lipinski definition) is 2. The summed E-state index contributed by atoms with van der Waals surface area (Å²) in [5.74, 6) is 0.118. The fourth-order valence-corrected chi connectivity index (χ4v) is 3.25. The van der Waals surface area contributed by atoms with Crippen LogP contribution in [0.15, 0.2) is 90.0 Å². The summed E-state index contributed by atoms with van der Waals surface area (Å²) in [6, 6.07) is 25.5. The van der Waals surface area contributed by atoms with Crippen molar-refractivity contribution in [3.8, 4) is 11.5 Å². The van der Waals surface area contributed by atoms with Crippen LogP contribution in [0.1, 0.15) is 21.5 Å². The van der Waals surface area contributed by atoms with Crippen LogP contribution in [0.5, 0.6) is 11.5 Å². The highest BCUT2D eigenvalue weighted by molar-refractivity contribution is 6.31. The van der Waals surface area contributed by atoms with Gasteiger partial charge >= 0.3 is 0 Å². The Balaban J connectivity index is 1.36. The molecular weight excluding hydrogens is 412 g/mol. The van der Waals surface area contributed by atoms with Crippen LogP contribution in [0, 0.1) is 0 Å². The molecular formula is C25H19ClN2O3. The number of phenols is 1. The van der Waals surface area contributed by atoms with E-state index in [-0.39, 0.29) is 11.3 Å². The number of phenolic OH excluding ortho intramolecular Hbond substituents is 1. The maximum atomic E-state index is 12.4. The zero-order chi connectivity index (χ0) is 21.6. The fraction of sp³-hybridized carbons (Fsp3) is 0.0400. The Hall–Kier alpha value is -3.83. The maximum Gasteiger partial charge on any atom is 0.275 e. The predicted molar refractivity (Wildman–Crippen MR) is 123 cm³/mol. The monoisotopic (exact) mass is 430 g/mol. The molecule has 4 aromatic rings. The van der Waals surface area contributed by atoms with E-state index in [1.54, 1.807) is 12.1 Å². The first-order chi connectivity index (χ1) is 15.1. The molecule has 154 valence electrons. The van der Waals surface area contributed by atoms with E-state index >= 15 is 0 Å². The lowest BCUT2D eigenvalue weighted by Gasteiger charge is -2.08. The van der Waals surface area contributed by atoms with Gasteiger partial charge in [-0.1, -0.05) is 54.1 Å². The lowest BCUT2D eigenvalue weighted by atomic mass is 10.1. The third-order valence-corrected chi connectivity index (χ3v) is 5.09. The molecule has 0 aliphatic heterocycles. The number of benzene rings is 4. The van der Waals surface area contributed by atoms with Gasteiger partial charge in [-0.15, -0.1) is 0 Å². The van der Waals surface area contributed by atoms with Crippen LogP contribution in [0.3, 0.4) is 0 Å². The zero-order valence-electron chi connectivity index (χ0n) is 16.5. The van der Waals surface area contributed by atoms with E-state index < -0.39 is 5.91 Å². The van der Waals surface area contributed by atoms with E-state index in [2.05, 4.69) is 10.5 Å². The lowest BCUT2D eigenvalue weighted by Crippen LogP contribution is -2.17. The number of aromatic hydroxyl groups is 1. The minimum absolute atomic E-state index is 0.0913. The lowest BCUT2D eigenvalue weighted by molar-refractivity contribution is 0.0952. The number of hydrogen-bond acceptors (Lipinski definition) is 4. The van der Waals surface area contributed by atoms with Crippen LogP contribution in [0.25, 0.3) is 10.8 Å². The number of nitrogens with one attached hydrogen (secondary N) is 1. The van der Waals surface area contributed by atoms with Crippen LogP contribution in [0.2, 0.25) is 5.02 Å². The van der Waals surface area contributed by atoms with E-state index in [1.165, 1.54) is 6.21 Å². The molecule has 0 saturated carbocycles. The third-order valence-electron chi connectivity index (χ3n) is 4.72. The number of hydrazone groups is 1. The SMILES string of the molecule is O=C(NN=Cc1ccc(OCc2ccccc2Cl)cc1)c1cc2ccccc2cc1O. The van der Waals surface area contributed by atoms with Crippen LogP contribution in [-0.4, -0.2) is 17.2 Å². The smallest absolute Gasteiger partial charge is 0.275 e. The number of ether oxygens (including phenoxy) is 1. The molecule has 4 aromatic carbocycles. The second-order valence-electron chi connectivity index (χ2n) is 6.86. The maximum absolute atomic E-state index is 12.4. The summed E-state index contributed by atoms with van der Waals surface area (Å²) in [4.78, 5) is 12.4. The average Bonchev–Trinajstić information content (AvgIpc) is 2.79. The van der Waals surface area contributed by atoms with Crippen molar-refractivity contribution < 1.29 is 14.6 Å². The van der Waals surface area contributed by atoms with Gasteiger partial charge in [-0.2, -0.15) is 5.10 Å². The second kappa shape index (κ2) is 9.32. The Morgan fingerprint density at radius 2 is 1.65 bits per heavy atom. The summed E-state index contributed by atoms with van der Waals surface area (Å²) in [7, 11) is 0. The van der Waals surface area contributed by atoms with Crippen molar-refractivity contribution in [3.63, 3.8) is 0 Å². The van der Waals surface area contributed by atoms with Gasteiger partial charge in [-0.25, -0.2) is 5.43 Å². The minimum atomic E-state index is -0.487. The summed E-state index contributed by atoms with van der Waals surface area (Å²) in [5, 5.41) is 16.5. The van der Waals surface area contributed by atoms with Gasteiger partial charge in [0.25, 0.3) is 5.91 Å². The van der Waals surface area contributed by atoms with Gasteiger partial charge in [0, 0.05) is 10.6 Å². The summed E-state index contributed by atoms with van der Waals surface area (Å²) < 4.78 is 5.75. The van der Waals surface area contributed by atoms with E-state index in [9.17, 15) is 9.90 Å². The van der Waals surface area contributed by atoms with Gasteiger partial charge in [0.05, 0.1) is 11.8 Å². The molecule has 0 saturated heterocycles. The molecule has 0 unspecified atom stereocenters. The molecule has 1 amide bonds. The van der Waals surface area contributed by atoms with Gasteiger partial charge in [0.1, 0.15) is 18.1 Å². The number of amides is 1. The number of fused-ring (bicyclic) bond motifs is 1. The number of carbonyl (C=O) groups excluding carboxylic acids is 1. The highest BCUT2D eigenvalue weighted by atomic mass is 35.5.